The van der Waals surface area contributed by atoms with E-state index in [2.05, 4.69) is 15.2 Å². The minimum absolute atomic E-state index is 0.0333. The van der Waals surface area contributed by atoms with Crippen molar-refractivity contribution in [1.82, 2.24) is 15.3 Å². The Morgan fingerprint density at radius 1 is 1.12 bits per heavy atom. The fraction of sp³-hybridized carbons (Fsp3) is 0.417. The van der Waals surface area contributed by atoms with Crippen molar-refractivity contribution in [1.29, 1.82) is 0 Å². The van der Waals surface area contributed by atoms with E-state index in [9.17, 15) is 19.5 Å². The fourth-order valence-electron chi connectivity index (χ4n) is 7.23. The van der Waals surface area contributed by atoms with Crippen LogP contribution >= 0.6 is 0 Å². The molecule has 3 aliphatic heterocycles. The number of esters is 1. The Balaban J connectivity index is 1.49. The van der Waals surface area contributed by atoms with Crippen LogP contribution in [0.4, 0.5) is 5.69 Å². The molecular formula is C36H38N4O8. The highest BCUT2D eigenvalue weighted by molar-refractivity contribution is 5.90. The predicted molar refractivity (Wildman–Crippen MR) is 172 cm³/mol. The Labute approximate surface area is 277 Å². The van der Waals surface area contributed by atoms with Crippen molar-refractivity contribution in [2.75, 3.05) is 19.1 Å². The number of amides is 1. The largest absolute Gasteiger partial charge is 0.468 e. The maximum atomic E-state index is 14.1. The summed E-state index contributed by atoms with van der Waals surface area (Å²) in [6, 6.07) is 13.0. The molecule has 5 atom stereocenters. The molecule has 0 fully saturated rings. The number of nitrogens with zero attached hydrogens (tertiary/aromatic N) is 3. The molecule has 1 unspecified atom stereocenters. The Bertz CT molecular complexity index is 1930. The molecule has 1 spiro atoms. The van der Waals surface area contributed by atoms with Gasteiger partial charge >= 0.3 is 5.97 Å². The Morgan fingerprint density at radius 3 is 2.62 bits per heavy atom. The molecule has 2 aromatic carbocycles. The first-order chi connectivity index (χ1) is 22.9. The lowest BCUT2D eigenvalue weighted by Gasteiger charge is -2.30. The van der Waals surface area contributed by atoms with Crippen LogP contribution in [-0.4, -0.2) is 59.2 Å². The summed E-state index contributed by atoms with van der Waals surface area (Å²) in [5.41, 5.74) is 2.59. The molecule has 0 saturated heterocycles. The highest BCUT2D eigenvalue weighted by Crippen LogP contribution is 2.61. The first-order valence-electron chi connectivity index (χ1n) is 16.1. The second-order valence-corrected chi connectivity index (χ2v) is 13.5. The number of benzene rings is 2. The molecular weight excluding hydrogens is 616 g/mol. The highest BCUT2D eigenvalue weighted by atomic mass is 16.5. The second kappa shape index (κ2) is 11.6. The highest BCUT2D eigenvalue weighted by Gasteiger charge is 2.63. The van der Waals surface area contributed by atoms with E-state index in [1.54, 1.807) is 13.8 Å². The standard InChI is InChI=1S/C36H38N4O8/c1-17(2)27-33-39-28(32-37-23(16-46-32)34(44)45-6)30(48-33)36-21-9-7-8-10-24(21)40(5)35(36)47-26-12-11-19(14-22(26)36)13-20(31(43)38-27)15-25(41)29(42)18(3)4/h7-12,14,16-18,20,27,29,35,42H,13,15H2,1-6H3,(H,38,43)/t20-,27+,29+,35+,36?/m1/s1. The van der Waals surface area contributed by atoms with Crippen LogP contribution < -0.4 is 15.0 Å². The van der Waals surface area contributed by atoms with Crippen molar-refractivity contribution in [3.05, 3.63) is 82.8 Å². The van der Waals surface area contributed by atoms with Gasteiger partial charge in [0.2, 0.25) is 17.7 Å². The smallest absolute Gasteiger partial charge is 0.360 e. The van der Waals surface area contributed by atoms with E-state index in [0.717, 1.165) is 22.4 Å². The lowest BCUT2D eigenvalue weighted by molar-refractivity contribution is -0.135. The zero-order valence-electron chi connectivity index (χ0n) is 27.6. The number of Topliss-reactive ketones (excluding diaryl/α,β-unsaturated/α-hetero) is 1. The summed E-state index contributed by atoms with van der Waals surface area (Å²) in [6.45, 7) is 7.40. The van der Waals surface area contributed by atoms with E-state index in [1.807, 2.05) is 63.4 Å². The number of anilines is 1. The number of aliphatic hydroxyl groups is 1. The minimum Gasteiger partial charge on any atom is -0.468 e. The van der Waals surface area contributed by atoms with Gasteiger partial charge in [-0.05, 0) is 41.5 Å². The van der Waals surface area contributed by atoms with E-state index in [4.69, 9.17) is 23.3 Å². The molecule has 2 N–H and O–H groups in total. The maximum absolute atomic E-state index is 14.1. The SMILES string of the molecule is COC(=O)c1coc(-c2nc3oc2C24c5cc(ccc5O[C@@H]2N(C)c2ccccc24)C[C@H](CC(=O)[C@@H](O)C(C)C)C(=O)N[C@H]3C(C)C)n1. The van der Waals surface area contributed by atoms with Crippen LogP contribution in [0.3, 0.4) is 0 Å². The number of hydrogen-bond donors (Lipinski definition) is 2. The van der Waals surface area contributed by atoms with Crippen molar-refractivity contribution in [2.45, 2.75) is 64.3 Å². The summed E-state index contributed by atoms with van der Waals surface area (Å²) in [4.78, 5) is 51.1. The third-order valence-electron chi connectivity index (χ3n) is 9.73. The quantitative estimate of drug-likeness (QED) is 0.269. The summed E-state index contributed by atoms with van der Waals surface area (Å²) < 4.78 is 24.3. The third kappa shape index (κ3) is 4.72. The number of carbonyl (C=O) groups excluding carboxylic acids is 3. The van der Waals surface area contributed by atoms with Crippen LogP contribution in [0.15, 0.2) is 57.6 Å². The van der Waals surface area contributed by atoms with Gasteiger partial charge in [-0.1, -0.05) is 58.0 Å². The molecule has 48 heavy (non-hydrogen) atoms. The number of methoxy groups -OCH3 is 1. The molecule has 4 bridgehead atoms. The fourth-order valence-corrected chi connectivity index (χ4v) is 7.23. The second-order valence-electron chi connectivity index (χ2n) is 13.5. The van der Waals surface area contributed by atoms with Gasteiger partial charge in [0.05, 0.1) is 7.11 Å². The number of oxazole rings is 2. The zero-order chi connectivity index (χ0) is 34.1. The molecule has 0 radical (unpaired) electrons. The average Bonchev–Trinajstić information content (AvgIpc) is 3.84. The van der Waals surface area contributed by atoms with Gasteiger partial charge in [0.1, 0.15) is 29.6 Å². The van der Waals surface area contributed by atoms with E-state index in [-0.39, 0.29) is 53.8 Å². The lowest BCUT2D eigenvalue weighted by Crippen LogP contribution is -2.44. The number of ketones is 1. The molecule has 3 aliphatic rings. The molecule has 12 nitrogen and oxygen atoms in total. The summed E-state index contributed by atoms with van der Waals surface area (Å²) in [6.07, 6.45) is -0.458. The van der Waals surface area contributed by atoms with Gasteiger partial charge in [-0.15, -0.1) is 0 Å². The predicted octanol–water partition coefficient (Wildman–Crippen LogP) is 4.58. The lowest BCUT2D eigenvalue weighted by atomic mass is 9.72. The monoisotopic (exact) mass is 654 g/mol. The van der Waals surface area contributed by atoms with Crippen LogP contribution in [0, 0.1) is 17.8 Å². The average molecular weight is 655 g/mol. The van der Waals surface area contributed by atoms with Crippen LogP contribution in [-0.2, 0) is 26.2 Å². The Kier molecular flexibility index (Phi) is 7.66. The van der Waals surface area contributed by atoms with Gasteiger partial charge in [-0.25, -0.2) is 14.8 Å². The molecule has 250 valence electrons. The summed E-state index contributed by atoms with van der Waals surface area (Å²) in [5, 5.41) is 13.7. The topological polar surface area (TPSA) is 157 Å². The van der Waals surface area contributed by atoms with E-state index in [1.165, 1.54) is 13.4 Å². The number of nitrogens with one attached hydrogen (secondary N) is 1. The number of ether oxygens (including phenoxy) is 2. The molecule has 7 rings (SSSR count). The van der Waals surface area contributed by atoms with E-state index < -0.39 is 41.5 Å². The van der Waals surface area contributed by atoms with E-state index >= 15 is 0 Å². The van der Waals surface area contributed by atoms with Crippen molar-refractivity contribution in [3.8, 4) is 17.3 Å². The number of carbonyl (C=O) groups is 3. The number of likely N-dealkylation sites (N-methyl/N-ethyl adjacent to an activating group) is 1. The maximum Gasteiger partial charge on any atom is 0.360 e. The molecule has 1 amide bonds. The van der Waals surface area contributed by atoms with Crippen LogP contribution in [0.25, 0.3) is 11.6 Å². The number of aromatic nitrogens is 2. The third-order valence-corrected chi connectivity index (χ3v) is 9.73. The number of para-hydroxylation sites is 1. The van der Waals surface area contributed by atoms with Crippen LogP contribution in [0.2, 0.25) is 0 Å². The van der Waals surface area contributed by atoms with Crippen LogP contribution in [0.5, 0.6) is 5.75 Å². The molecule has 5 heterocycles. The van der Waals surface area contributed by atoms with Crippen molar-refractivity contribution in [3.63, 3.8) is 0 Å². The normalized spacial score (nSPS) is 23.1. The first kappa shape index (κ1) is 31.6. The van der Waals surface area contributed by atoms with Gasteiger partial charge in [0.25, 0.3) is 0 Å². The summed E-state index contributed by atoms with van der Waals surface area (Å²) in [5.74, 6) is -1.41. The van der Waals surface area contributed by atoms with Gasteiger partial charge in [-0.3, -0.25) is 9.59 Å². The number of fused-ring (bicyclic) bond motifs is 4. The molecule has 0 saturated carbocycles. The molecule has 12 heteroatoms. The number of rotatable bonds is 7. The zero-order valence-corrected chi connectivity index (χ0v) is 27.6. The van der Waals surface area contributed by atoms with Crippen molar-refractivity contribution < 1.29 is 37.8 Å². The number of aliphatic hydroxyl groups excluding tert-OH is 1. The minimum atomic E-state index is -1.18. The molecule has 2 aromatic heterocycles. The van der Waals surface area contributed by atoms with Gasteiger partial charge in [0.15, 0.2) is 29.2 Å². The van der Waals surface area contributed by atoms with Crippen molar-refractivity contribution in [2.24, 2.45) is 17.8 Å². The summed E-state index contributed by atoms with van der Waals surface area (Å²) >= 11 is 0. The van der Waals surface area contributed by atoms with Gasteiger partial charge in [-0.2, -0.15) is 0 Å². The van der Waals surface area contributed by atoms with Gasteiger partial charge in [0, 0.05) is 30.6 Å². The Morgan fingerprint density at radius 2 is 1.90 bits per heavy atom. The Hall–Kier alpha value is -4.97. The molecule has 0 aliphatic carbocycles. The van der Waals surface area contributed by atoms with Gasteiger partial charge < -0.3 is 33.6 Å². The van der Waals surface area contributed by atoms with E-state index in [0.29, 0.717) is 11.5 Å². The van der Waals surface area contributed by atoms with Crippen LogP contribution in [0.1, 0.15) is 79.0 Å². The first-order valence-corrected chi connectivity index (χ1v) is 16.1. The summed E-state index contributed by atoms with van der Waals surface area (Å²) in [7, 11) is 3.22. The van der Waals surface area contributed by atoms with Crippen molar-refractivity contribution >= 4 is 23.3 Å². The molecule has 4 aromatic rings. The number of hydrogen-bond acceptors (Lipinski definition) is 11.